The maximum absolute atomic E-state index is 9.37. The summed E-state index contributed by atoms with van der Waals surface area (Å²) < 4.78 is 0. The van der Waals surface area contributed by atoms with Gasteiger partial charge in [-0.25, -0.2) is 0 Å². The molecule has 0 saturated heterocycles. The van der Waals surface area contributed by atoms with E-state index in [-0.39, 0.29) is 26.2 Å². The molecule has 0 heterocycles. The molecule has 1 N–H and O–H groups in total. The fourth-order valence-electron chi connectivity index (χ4n) is 0. The van der Waals surface area contributed by atoms with Crippen LogP contribution in [-0.4, -0.2) is 11.1 Å². The summed E-state index contributed by atoms with van der Waals surface area (Å²) in [4.78, 5) is 9.37. The van der Waals surface area contributed by atoms with Crippen molar-refractivity contribution in [3.05, 3.63) is 0 Å². The van der Waals surface area contributed by atoms with Crippen molar-refractivity contribution in [1.29, 1.82) is 0 Å². The van der Waals surface area contributed by atoms with Gasteiger partial charge in [-0.2, -0.15) is 19.8 Å². The lowest BCUT2D eigenvalue weighted by molar-refractivity contribution is -0.136. The van der Waals surface area contributed by atoms with Crippen molar-refractivity contribution >= 4 is 25.8 Å². The summed E-state index contributed by atoms with van der Waals surface area (Å²) in [6.45, 7) is 1.60. The minimum Gasteiger partial charge on any atom is -0.481 e. The third-order valence-corrected chi connectivity index (χ3v) is 0.302. The second kappa shape index (κ2) is 9.59. The molecular formula is C3H12O2P2. The van der Waals surface area contributed by atoms with Crippen molar-refractivity contribution in [3.63, 3.8) is 0 Å². The summed E-state index contributed by atoms with van der Waals surface area (Å²) in [5.74, 6) is -0.745. The number of carboxylic acid groups (broad SMARTS) is 1. The first-order valence-corrected chi connectivity index (χ1v) is 1.49. The summed E-state index contributed by atoms with van der Waals surface area (Å²) in [7, 11) is 0. The smallest absolute Gasteiger partial charge is 0.303 e. The monoisotopic (exact) mass is 142 g/mol. The minimum absolute atomic E-state index is 0. The average molecular weight is 142 g/mol. The SMILES string of the molecule is CCC(=O)O.P.P. The van der Waals surface area contributed by atoms with E-state index in [9.17, 15) is 4.79 Å². The third-order valence-electron chi connectivity index (χ3n) is 0.302. The van der Waals surface area contributed by atoms with Crippen LogP contribution in [0.25, 0.3) is 0 Å². The second-order valence-corrected chi connectivity index (χ2v) is 0.747. The van der Waals surface area contributed by atoms with Crippen LogP contribution >= 0.6 is 19.8 Å². The van der Waals surface area contributed by atoms with Crippen molar-refractivity contribution in [1.82, 2.24) is 0 Å². The number of rotatable bonds is 1. The number of hydrogen-bond acceptors (Lipinski definition) is 1. The lowest BCUT2D eigenvalue weighted by Gasteiger charge is -1.71. The van der Waals surface area contributed by atoms with E-state index in [2.05, 4.69) is 0 Å². The highest BCUT2D eigenvalue weighted by Crippen LogP contribution is 1.67. The van der Waals surface area contributed by atoms with Crippen LogP contribution < -0.4 is 0 Å². The molecule has 4 heteroatoms. The Hall–Kier alpha value is 0.330. The predicted octanol–water partition coefficient (Wildman–Crippen LogP) is 0.597. The number of carboxylic acids is 1. The molecule has 2 nitrogen and oxygen atoms in total. The first kappa shape index (κ1) is 15.7. The quantitative estimate of drug-likeness (QED) is 0.544. The highest BCUT2D eigenvalue weighted by atomic mass is 31.0. The highest BCUT2D eigenvalue weighted by molar-refractivity contribution is 6.92. The van der Waals surface area contributed by atoms with Crippen LogP contribution in [-0.2, 0) is 4.79 Å². The summed E-state index contributed by atoms with van der Waals surface area (Å²) in [5, 5.41) is 7.72. The first-order chi connectivity index (χ1) is 2.27. The predicted molar refractivity (Wildman–Crippen MR) is 40.1 cm³/mol. The topological polar surface area (TPSA) is 37.3 Å². The van der Waals surface area contributed by atoms with Gasteiger partial charge in [0.2, 0.25) is 0 Å². The van der Waals surface area contributed by atoms with Crippen molar-refractivity contribution in [3.8, 4) is 0 Å². The lowest BCUT2D eigenvalue weighted by atomic mass is 10.5. The van der Waals surface area contributed by atoms with Crippen LogP contribution in [0.5, 0.6) is 0 Å². The third kappa shape index (κ3) is 21.9. The van der Waals surface area contributed by atoms with Crippen LogP contribution in [0.2, 0.25) is 0 Å². The second-order valence-electron chi connectivity index (χ2n) is 0.747. The molecule has 0 rings (SSSR count). The van der Waals surface area contributed by atoms with Gasteiger partial charge >= 0.3 is 5.97 Å². The Balaban J connectivity index is -0.0000000800. The number of hydrogen-bond donors (Lipinski definition) is 1. The Morgan fingerprint density at radius 2 is 1.71 bits per heavy atom. The van der Waals surface area contributed by atoms with Gasteiger partial charge in [0.25, 0.3) is 0 Å². The molecule has 0 fully saturated rings. The Bertz CT molecular complexity index is 46.2. The van der Waals surface area contributed by atoms with Gasteiger partial charge in [0.15, 0.2) is 0 Å². The zero-order chi connectivity index (χ0) is 4.28. The molecular weight excluding hydrogens is 130 g/mol. The van der Waals surface area contributed by atoms with E-state index in [4.69, 9.17) is 5.11 Å². The molecule has 0 bridgehead atoms. The Labute approximate surface area is 49.9 Å². The summed E-state index contributed by atoms with van der Waals surface area (Å²) in [6, 6.07) is 0. The summed E-state index contributed by atoms with van der Waals surface area (Å²) >= 11 is 0. The molecule has 0 aromatic rings. The van der Waals surface area contributed by atoms with Gasteiger partial charge in [0.05, 0.1) is 0 Å². The number of aliphatic carboxylic acids is 1. The van der Waals surface area contributed by atoms with E-state index in [1.54, 1.807) is 6.92 Å². The highest BCUT2D eigenvalue weighted by Gasteiger charge is 1.80. The van der Waals surface area contributed by atoms with Crippen molar-refractivity contribution in [2.24, 2.45) is 0 Å². The maximum Gasteiger partial charge on any atom is 0.303 e. The molecule has 0 aliphatic rings. The average Bonchev–Trinajstić information content (AvgIpc) is 1.38. The van der Waals surface area contributed by atoms with E-state index in [0.717, 1.165) is 0 Å². The molecule has 0 amide bonds. The molecule has 0 aliphatic carbocycles. The van der Waals surface area contributed by atoms with Crippen molar-refractivity contribution < 1.29 is 9.90 Å². The molecule has 0 saturated carbocycles. The van der Waals surface area contributed by atoms with Gasteiger partial charge in [-0.3, -0.25) is 4.79 Å². The van der Waals surface area contributed by atoms with Crippen molar-refractivity contribution in [2.75, 3.05) is 0 Å². The molecule has 0 radical (unpaired) electrons. The van der Waals surface area contributed by atoms with E-state index < -0.39 is 5.97 Å². The Kier molecular flexibility index (Phi) is 21.5. The number of carbonyl (C=O) groups is 1. The van der Waals surface area contributed by atoms with Crippen LogP contribution in [0.1, 0.15) is 13.3 Å². The van der Waals surface area contributed by atoms with Crippen LogP contribution in [0.4, 0.5) is 0 Å². The van der Waals surface area contributed by atoms with E-state index in [1.165, 1.54) is 0 Å². The van der Waals surface area contributed by atoms with Gasteiger partial charge in [0.1, 0.15) is 0 Å². The van der Waals surface area contributed by atoms with Gasteiger partial charge in [0, 0.05) is 6.42 Å². The fourth-order valence-corrected chi connectivity index (χ4v) is 0. The molecule has 46 valence electrons. The molecule has 2 unspecified atom stereocenters. The molecule has 0 aromatic heterocycles. The van der Waals surface area contributed by atoms with Crippen molar-refractivity contribution in [2.45, 2.75) is 13.3 Å². The molecule has 0 aliphatic heterocycles. The summed E-state index contributed by atoms with van der Waals surface area (Å²) in [6.07, 6.45) is 0.222. The molecule has 7 heavy (non-hydrogen) atoms. The zero-order valence-corrected chi connectivity index (χ0v) is 7.31. The van der Waals surface area contributed by atoms with Crippen LogP contribution in [0, 0.1) is 0 Å². The Morgan fingerprint density at radius 1 is 1.57 bits per heavy atom. The fraction of sp³-hybridized carbons (Fsp3) is 0.667. The van der Waals surface area contributed by atoms with E-state index in [0.29, 0.717) is 0 Å². The molecule has 0 aromatic carbocycles. The van der Waals surface area contributed by atoms with Gasteiger partial charge in [-0.05, 0) is 0 Å². The summed E-state index contributed by atoms with van der Waals surface area (Å²) in [5.41, 5.74) is 0. The van der Waals surface area contributed by atoms with Gasteiger partial charge in [-0.1, -0.05) is 6.92 Å². The largest absolute Gasteiger partial charge is 0.481 e. The zero-order valence-electron chi connectivity index (χ0n) is 4.48. The molecule has 2 atom stereocenters. The van der Waals surface area contributed by atoms with Crippen LogP contribution in [0.15, 0.2) is 0 Å². The standard InChI is InChI=1S/C3H6O2.2H3P/c1-2-3(4)5;;/h2H2,1H3,(H,4,5);2*1H3. The minimum atomic E-state index is -0.745. The normalized spacial score (nSPS) is 5.29. The van der Waals surface area contributed by atoms with Gasteiger partial charge in [-0.15, -0.1) is 0 Å². The Morgan fingerprint density at radius 3 is 1.71 bits per heavy atom. The first-order valence-electron chi connectivity index (χ1n) is 1.49. The maximum atomic E-state index is 9.37. The van der Waals surface area contributed by atoms with E-state index in [1.807, 2.05) is 0 Å². The molecule has 0 spiro atoms. The van der Waals surface area contributed by atoms with E-state index >= 15 is 0 Å². The lowest BCUT2D eigenvalue weighted by Crippen LogP contribution is -1.86. The van der Waals surface area contributed by atoms with Gasteiger partial charge < -0.3 is 5.11 Å². The van der Waals surface area contributed by atoms with Crippen LogP contribution in [0.3, 0.4) is 0 Å².